The number of hydrogen-bond donors (Lipinski definition) is 8. The van der Waals surface area contributed by atoms with E-state index in [1.165, 1.54) is 17.6 Å². The number of aromatic nitrogens is 4. The minimum absolute atomic E-state index is 0.124. The molecular formula is C30H41N7O8. The summed E-state index contributed by atoms with van der Waals surface area (Å²) < 4.78 is 5.42. The molecular weight excluding hydrogens is 586 g/mol. The van der Waals surface area contributed by atoms with Gasteiger partial charge < -0.3 is 46.8 Å². The van der Waals surface area contributed by atoms with E-state index in [0.29, 0.717) is 47.7 Å². The molecule has 15 heteroatoms. The first-order valence-electron chi connectivity index (χ1n) is 14.8. The number of aliphatic hydroxyl groups excluding tert-OH is 6. The van der Waals surface area contributed by atoms with Gasteiger partial charge in [-0.2, -0.15) is 0 Å². The van der Waals surface area contributed by atoms with Crippen molar-refractivity contribution in [3.8, 4) is 0 Å². The van der Waals surface area contributed by atoms with Gasteiger partial charge in [0.1, 0.15) is 42.1 Å². The number of hydrogen-bond acceptors (Lipinski definition) is 14. The minimum atomic E-state index is -1.32. The number of nitrogens with two attached hydrogens (primary N) is 2. The molecule has 2 aromatic heterocycles. The Morgan fingerprint density at radius 3 is 1.91 bits per heavy atom. The number of rotatable bonds is 4. The number of fused-ring (bicyclic) bond motifs is 2. The van der Waals surface area contributed by atoms with Crippen LogP contribution in [0.2, 0.25) is 0 Å². The van der Waals surface area contributed by atoms with Gasteiger partial charge in [0.05, 0.1) is 42.3 Å². The lowest BCUT2D eigenvalue weighted by atomic mass is 9.93. The standard InChI is InChI=1S/C17H24N4O5.C13H17N3O3/c1-17(2,3)26-16(25)21-10(6-22)13(23)14(24)12(21)8-4-5-9-11(8)19-7-20-15(9)18;14-13-8-2-1-7(10(8)15-5-16-13)9-3-6(4-17)11(18)12(9)19/h4,7,10,12-14,22-24H,5-6H2,1-3H3,(H2,18,19,20);1,5-6,9,11-12,17-19H,2-4H2,(H2,14,15,16)/t10-,12+,13-,14+;6-,9+,11-,12+/m11/s1. The SMILES string of the molecule is CC(C)(C)OC(=O)N1[C@H](CO)[C@@H](O)[C@@H](O)[C@@H]1C1=CCc2c(N)ncnc21.Nc1ncnc2c1CC=C2[C@@H]1C[C@H](CO)[C@@H](O)[C@H]1O. The molecule has 0 aromatic carbocycles. The molecule has 6 rings (SSSR count). The molecule has 0 bridgehead atoms. The molecule has 1 aliphatic heterocycles. The predicted molar refractivity (Wildman–Crippen MR) is 162 cm³/mol. The minimum Gasteiger partial charge on any atom is -0.444 e. The lowest BCUT2D eigenvalue weighted by Gasteiger charge is -2.32. The molecule has 0 radical (unpaired) electrons. The van der Waals surface area contributed by atoms with Crippen LogP contribution in [0.4, 0.5) is 16.4 Å². The maximum atomic E-state index is 12.8. The van der Waals surface area contributed by atoms with E-state index in [1.807, 2.05) is 6.08 Å². The first kappa shape index (κ1) is 32.7. The highest BCUT2D eigenvalue weighted by molar-refractivity contribution is 5.82. The van der Waals surface area contributed by atoms with Gasteiger partial charge in [-0.15, -0.1) is 0 Å². The van der Waals surface area contributed by atoms with Crippen molar-refractivity contribution in [2.24, 2.45) is 11.8 Å². The molecule has 4 aliphatic rings. The number of nitrogens with zero attached hydrogens (tertiary/aromatic N) is 5. The smallest absolute Gasteiger partial charge is 0.411 e. The van der Waals surface area contributed by atoms with Crippen molar-refractivity contribution < 1.29 is 40.2 Å². The van der Waals surface area contributed by atoms with Gasteiger partial charge >= 0.3 is 6.09 Å². The first-order chi connectivity index (χ1) is 21.3. The largest absolute Gasteiger partial charge is 0.444 e. The fourth-order valence-corrected chi connectivity index (χ4v) is 6.62. The van der Waals surface area contributed by atoms with E-state index >= 15 is 0 Å². The number of nitrogen functional groups attached to an aromatic ring is 2. The van der Waals surface area contributed by atoms with E-state index in [0.717, 1.165) is 16.8 Å². The molecule has 15 nitrogen and oxygen atoms in total. The summed E-state index contributed by atoms with van der Waals surface area (Å²) in [6.45, 7) is 4.51. The molecule has 1 saturated heterocycles. The second-order valence-corrected chi connectivity index (χ2v) is 12.7. The third-order valence-corrected chi connectivity index (χ3v) is 8.83. The van der Waals surface area contributed by atoms with Crippen molar-refractivity contribution >= 4 is 28.9 Å². The molecule has 0 unspecified atom stereocenters. The Morgan fingerprint density at radius 2 is 1.40 bits per heavy atom. The Kier molecular flexibility index (Phi) is 9.13. The van der Waals surface area contributed by atoms with Crippen LogP contribution in [0.3, 0.4) is 0 Å². The third-order valence-electron chi connectivity index (χ3n) is 8.83. The number of carbonyl (C=O) groups excluding carboxylic acids is 1. The Bertz CT molecular complexity index is 1500. The molecule has 2 aromatic rings. The Balaban J connectivity index is 0.000000186. The van der Waals surface area contributed by atoms with Crippen LogP contribution in [0.25, 0.3) is 11.1 Å². The molecule has 1 amide bonds. The molecule has 0 spiro atoms. The summed E-state index contributed by atoms with van der Waals surface area (Å²) in [5, 5.41) is 59.9. The van der Waals surface area contributed by atoms with Gasteiger partial charge in [-0.1, -0.05) is 12.2 Å². The van der Waals surface area contributed by atoms with Gasteiger partial charge in [0.25, 0.3) is 0 Å². The summed E-state index contributed by atoms with van der Waals surface area (Å²) in [6, 6.07) is -1.90. The van der Waals surface area contributed by atoms with E-state index in [2.05, 4.69) is 19.9 Å². The Labute approximate surface area is 259 Å². The normalized spacial score (nSPS) is 30.3. The average molecular weight is 628 g/mol. The lowest BCUT2D eigenvalue weighted by Crippen LogP contribution is -2.48. The Hall–Kier alpha value is -3.73. The molecule has 8 atom stereocenters. The number of ether oxygens (including phenoxy) is 1. The first-order valence-corrected chi connectivity index (χ1v) is 14.8. The van der Waals surface area contributed by atoms with E-state index in [1.54, 1.807) is 26.8 Å². The third kappa shape index (κ3) is 5.98. The maximum Gasteiger partial charge on any atom is 0.411 e. The summed E-state index contributed by atoms with van der Waals surface area (Å²) in [7, 11) is 0. The highest BCUT2D eigenvalue weighted by atomic mass is 16.6. The van der Waals surface area contributed by atoms with Crippen molar-refractivity contribution in [2.45, 2.75) is 82.1 Å². The fourth-order valence-electron chi connectivity index (χ4n) is 6.62. The summed E-state index contributed by atoms with van der Waals surface area (Å²) in [4.78, 5) is 30.3. The van der Waals surface area contributed by atoms with Crippen LogP contribution in [-0.4, -0.2) is 117 Å². The number of anilines is 2. The van der Waals surface area contributed by atoms with Crippen molar-refractivity contribution in [3.63, 3.8) is 0 Å². The van der Waals surface area contributed by atoms with Crippen molar-refractivity contribution in [1.29, 1.82) is 0 Å². The molecule has 3 heterocycles. The quantitative estimate of drug-likeness (QED) is 0.203. The summed E-state index contributed by atoms with van der Waals surface area (Å²) in [5.74, 6) is 0.298. The predicted octanol–water partition coefficient (Wildman–Crippen LogP) is -0.951. The van der Waals surface area contributed by atoms with Crippen LogP contribution in [0, 0.1) is 11.8 Å². The van der Waals surface area contributed by atoms with Crippen LogP contribution in [0.1, 0.15) is 49.7 Å². The summed E-state index contributed by atoms with van der Waals surface area (Å²) in [6.07, 6.45) is 3.06. The summed E-state index contributed by atoms with van der Waals surface area (Å²) >= 11 is 0. The van der Waals surface area contributed by atoms with Crippen LogP contribution in [0.5, 0.6) is 0 Å². The Morgan fingerprint density at radius 1 is 0.844 bits per heavy atom. The van der Waals surface area contributed by atoms with Crippen LogP contribution in [-0.2, 0) is 17.6 Å². The molecule has 45 heavy (non-hydrogen) atoms. The van der Waals surface area contributed by atoms with Crippen molar-refractivity contribution in [2.75, 3.05) is 24.7 Å². The van der Waals surface area contributed by atoms with E-state index < -0.39 is 54.8 Å². The highest BCUT2D eigenvalue weighted by Gasteiger charge is 2.53. The number of amides is 1. The number of carbonyl (C=O) groups is 1. The number of aliphatic hydroxyl groups is 6. The van der Waals surface area contributed by atoms with Crippen LogP contribution in [0.15, 0.2) is 24.8 Å². The average Bonchev–Trinajstić information content (AvgIpc) is 3.73. The van der Waals surface area contributed by atoms with Gasteiger partial charge in [0.15, 0.2) is 0 Å². The molecule has 1 saturated carbocycles. The van der Waals surface area contributed by atoms with E-state index in [4.69, 9.17) is 16.2 Å². The number of allylic oxidation sites excluding steroid dienone is 2. The topological polar surface area (TPSA) is 255 Å². The monoisotopic (exact) mass is 627 g/mol. The van der Waals surface area contributed by atoms with Gasteiger partial charge in [-0.25, -0.2) is 24.7 Å². The lowest BCUT2D eigenvalue weighted by molar-refractivity contribution is 0.000263. The van der Waals surface area contributed by atoms with Crippen molar-refractivity contribution in [3.05, 3.63) is 47.3 Å². The molecule has 244 valence electrons. The van der Waals surface area contributed by atoms with Gasteiger partial charge in [0.2, 0.25) is 0 Å². The zero-order valence-corrected chi connectivity index (χ0v) is 25.4. The van der Waals surface area contributed by atoms with Gasteiger partial charge in [-0.3, -0.25) is 4.90 Å². The second kappa shape index (κ2) is 12.6. The zero-order valence-electron chi connectivity index (χ0n) is 25.4. The van der Waals surface area contributed by atoms with Crippen LogP contribution < -0.4 is 11.5 Å². The molecule has 2 fully saturated rings. The van der Waals surface area contributed by atoms with Gasteiger partial charge in [-0.05, 0) is 51.2 Å². The zero-order chi connectivity index (χ0) is 32.8. The number of likely N-dealkylation sites (tertiary alicyclic amines) is 1. The van der Waals surface area contributed by atoms with E-state index in [-0.39, 0.29) is 18.4 Å². The van der Waals surface area contributed by atoms with Gasteiger partial charge in [0, 0.05) is 29.6 Å². The molecule has 10 N–H and O–H groups in total. The van der Waals surface area contributed by atoms with Crippen molar-refractivity contribution in [1.82, 2.24) is 24.8 Å². The summed E-state index contributed by atoms with van der Waals surface area (Å²) in [5.41, 5.74) is 15.3. The maximum absolute atomic E-state index is 12.8. The molecule has 3 aliphatic carbocycles. The fraction of sp³-hybridized carbons (Fsp3) is 0.567. The second-order valence-electron chi connectivity index (χ2n) is 12.7. The highest BCUT2D eigenvalue weighted by Crippen LogP contribution is 2.44. The van der Waals surface area contributed by atoms with E-state index in [9.17, 15) is 35.4 Å². The van der Waals surface area contributed by atoms with Crippen LogP contribution >= 0.6 is 0 Å².